The average molecular weight is 242 g/mol. The summed E-state index contributed by atoms with van der Waals surface area (Å²) in [4.78, 5) is 9.92. The molecule has 1 heterocycles. The number of fused-ring (bicyclic) bond motifs is 1. The SMILES string of the molecule is O=[N+]([O-])c1oc2ccccc2c1Br. The first kappa shape index (κ1) is 8.25. The number of para-hydroxylation sites is 1. The molecule has 0 unspecified atom stereocenters. The number of nitrogens with zero attached hydrogens (tertiary/aromatic N) is 1. The second-order valence-corrected chi connectivity index (χ2v) is 3.27. The number of hydrogen-bond donors (Lipinski definition) is 0. The molecule has 2 rings (SSSR count). The number of rotatable bonds is 1. The van der Waals surface area contributed by atoms with Gasteiger partial charge in [0.15, 0.2) is 0 Å². The van der Waals surface area contributed by atoms with Gasteiger partial charge in [-0.3, -0.25) is 10.1 Å². The van der Waals surface area contributed by atoms with E-state index in [0.717, 1.165) is 0 Å². The van der Waals surface area contributed by atoms with Crippen molar-refractivity contribution in [2.45, 2.75) is 0 Å². The Kier molecular flexibility index (Phi) is 1.81. The van der Waals surface area contributed by atoms with Crippen LogP contribution in [0.25, 0.3) is 11.0 Å². The van der Waals surface area contributed by atoms with Crippen molar-refractivity contribution in [1.29, 1.82) is 0 Å². The van der Waals surface area contributed by atoms with Gasteiger partial charge in [-0.15, -0.1) is 0 Å². The quantitative estimate of drug-likeness (QED) is 0.570. The summed E-state index contributed by atoms with van der Waals surface area (Å²) in [6.45, 7) is 0. The Labute approximate surface area is 81.4 Å². The topological polar surface area (TPSA) is 56.3 Å². The number of benzene rings is 1. The van der Waals surface area contributed by atoms with E-state index in [2.05, 4.69) is 15.9 Å². The van der Waals surface area contributed by atoms with Crippen molar-refractivity contribution in [2.24, 2.45) is 0 Å². The van der Waals surface area contributed by atoms with Crippen molar-refractivity contribution in [3.05, 3.63) is 38.9 Å². The molecule has 0 radical (unpaired) electrons. The molecule has 0 fully saturated rings. The number of hydrogen-bond acceptors (Lipinski definition) is 3. The molecule has 0 aliphatic heterocycles. The zero-order chi connectivity index (χ0) is 9.42. The molecule has 1 aromatic carbocycles. The monoisotopic (exact) mass is 241 g/mol. The Bertz CT molecular complexity index is 477. The summed E-state index contributed by atoms with van der Waals surface area (Å²) in [5, 5.41) is 11.2. The van der Waals surface area contributed by atoms with Crippen LogP contribution in [0.2, 0.25) is 0 Å². The highest BCUT2D eigenvalue weighted by atomic mass is 79.9. The van der Waals surface area contributed by atoms with Crippen LogP contribution in [0.3, 0.4) is 0 Å². The molecule has 0 atom stereocenters. The zero-order valence-electron chi connectivity index (χ0n) is 6.36. The van der Waals surface area contributed by atoms with Gasteiger partial charge in [-0.1, -0.05) is 12.1 Å². The summed E-state index contributed by atoms with van der Waals surface area (Å²) in [6.07, 6.45) is 0. The molecule has 4 nitrogen and oxygen atoms in total. The van der Waals surface area contributed by atoms with E-state index in [9.17, 15) is 10.1 Å². The lowest BCUT2D eigenvalue weighted by Gasteiger charge is -1.82. The zero-order valence-corrected chi connectivity index (χ0v) is 7.95. The first-order chi connectivity index (χ1) is 6.20. The summed E-state index contributed by atoms with van der Waals surface area (Å²) in [5.41, 5.74) is 0.515. The highest BCUT2D eigenvalue weighted by Crippen LogP contribution is 2.35. The Morgan fingerprint density at radius 2 is 2.08 bits per heavy atom. The minimum Gasteiger partial charge on any atom is -0.400 e. The van der Waals surface area contributed by atoms with Crippen LogP contribution in [0.1, 0.15) is 0 Å². The highest BCUT2D eigenvalue weighted by molar-refractivity contribution is 9.10. The van der Waals surface area contributed by atoms with Crippen LogP contribution in [0, 0.1) is 10.1 Å². The molecule has 66 valence electrons. The Morgan fingerprint density at radius 3 is 2.69 bits per heavy atom. The van der Waals surface area contributed by atoms with Gasteiger partial charge in [0, 0.05) is 5.39 Å². The fraction of sp³-hybridized carbons (Fsp3) is 0. The van der Waals surface area contributed by atoms with Gasteiger partial charge < -0.3 is 4.42 Å². The molecular weight excluding hydrogens is 238 g/mol. The molecule has 5 heteroatoms. The van der Waals surface area contributed by atoms with E-state index in [-0.39, 0.29) is 5.88 Å². The lowest BCUT2D eigenvalue weighted by atomic mass is 10.3. The summed E-state index contributed by atoms with van der Waals surface area (Å²) >= 11 is 3.12. The highest BCUT2D eigenvalue weighted by Gasteiger charge is 2.20. The molecule has 0 saturated carbocycles. The summed E-state index contributed by atoms with van der Waals surface area (Å²) in [7, 11) is 0. The van der Waals surface area contributed by atoms with Gasteiger partial charge in [-0.2, -0.15) is 0 Å². The smallest absolute Gasteiger partial charge is 0.400 e. The summed E-state index contributed by atoms with van der Waals surface area (Å²) in [5.74, 6) is -0.249. The van der Waals surface area contributed by atoms with E-state index in [1.807, 2.05) is 0 Å². The van der Waals surface area contributed by atoms with E-state index >= 15 is 0 Å². The molecule has 0 amide bonds. The average Bonchev–Trinajstić information content (AvgIpc) is 2.45. The molecule has 0 N–H and O–H groups in total. The molecule has 0 aliphatic rings. The van der Waals surface area contributed by atoms with Crippen molar-refractivity contribution in [1.82, 2.24) is 0 Å². The Hall–Kier alpha value is -1.36. The predicted molar refractivity (Wildman–Crippen MR) is 50.6 cm³/mol. The molecular formula is C8H4BrNO3. The molecule has 0 spiro atoms. The maximum absolute atomic E-state index is 10.5. The third-order valence-corrected chi connectivity index (χ3v) is 2.45. The normalized spacial score (nSPS) is 10.5. The fourth-order valence-corrected chi connectivity index (χ4v) is 1.67. The fourth-order valence-electron chi connectivity index (χ4n) is 1.12. The van der Waals surface area contributed by atoms with Crippen molar-refractivity contribution in [2.75, 3.05) is 0 Å². The van der Waals surface area contributed by atoms with Gasteiger partial charge in [0.2, 0.25) is 0 Å². The van der Waals surface area contributed by atoms with Gasteiger partial charge in [-0.25, -0.2) is 0 Å². The number of halogens is 1. The van der Waals surface area contributed by atoms with Gasteiger partial charge in [0.1, 0.15) is 15.0 Å². The van der Waals surface area contributed by atoms with Crippen LogP contribution in [-0.2, 0) is 0 Å². The van der Waals surface area contributed by atoms with Crippen molar-refractivity contribution < 1.29 is 9.34 Å². The largest absolute Gasteiger partial charge is 0.448 e. The third kappa shape index (κ3) is 1.21. The van der Waals surface area contributed by atoms with E-state index < -0.39 is 4.92 Å². The van der Waals surface area contributed by atoms with Gasteiger partial charge >= 0.3 is 5.88 Å². The van der Waals surface area contributed by atoms with Crippen LogP contribution in [0.5, 0.6) is 0 Å². The maximum Gasteiger partial charge on any atom is 0.448 e. The van der Waals surface area contributed by atoms with E-state index in [0.29, 0.717) is 15.4 Å². The van der Waals surface area contributed by atoms with E-state index in [4.69, 9.17) is 4.42 Å². The molecule has 1 aromatic heterocycles. The minimum atomic E-state index is -0.552. The molecule has 0 bridgehead atoms. The summed E-state index contributed by atoms with van der Waals surface area (Å²) < 4.78 is 5.41. The predicted octanol–water partition coefficient (Wildman–Crippen LogP) is 3.10. The third-order valence-electron chi connectivity index (χ3n) is 1.68. The second kappa shape index (κ2) is 2.85. The molecule has 2 aromatic rings. The number of furan rings is 1. The van der Waals surface area contributed by atoms with Crippen molar-refractivity contribution in [3.8, 4) is 0 Å². The maximum atomic E-state index is 10.5. The summed E-state index contributed by atoms with van der Waals surface area (Å²) in [6, 6.07) is 7.01. The van der Waals surface area contributed by atoms with E-state index in [1.165, 1.54) is 0 Å². The van der Waals surface area contributed by atoms with Crippen LogP contribution < -0.4 is 0 Å². The van der Waals surface area contributed by atoms with Crippen LogP contribution >= 0.6 is 15.9 Å². The van der Waals surface area contributed by atoms with Gasteiger partial charge in [-0.05, 0) is 28.1 Å². The molecule has 13 heavy (non-hydrogen) atoms. The first-order valence-corrected chi connectivity index (χ1v) is 4.31. The van der Waals surface area contributed by atoms with Gasteiger partial charge in [0.05, 0.1) is 0 Å². The van der Waals surface area contributed by atoms with Crippen molar-refractivity contribution >= 4 is 32.8 Å². The number of nitro groups is 1. The molecule has 0 saturated heterocycles. The minimum absolute atomic E-state index is 0.249. The van der Waals surface area contributed by atoms with Crippen LogP contribution in [-0.4, -0.2) is 4.92 Å². The van der Waals surface area contributed by atoms with Crippen LogP contribution in [0.4, 0.5) is 5.88 Å². The lowest BCUT2D eigenvalue weighted by Crippen LogP contribution is -1.84. The Balaban J connectivity index is 2.81. The van der Waals surface area contributed by atoms with E-state index in [1.54, 1.807) is 24.3 Å². The second-order valence-electron chi connectivity index (χ2n) is 2.47. The first-order valence-electron chi connectivity index (χ1n) is 3.51. The van der Waals surface area contributed by atoms with Gasteiger partial charge in [0.25, 0.3) is 0 Å². The standard InChI is InChI=1S/C8H4BrNO3/c9-7-5-3-1-2-4-6(5)13-8(7)10(11)12/h1-4H. The van der Waals surface area contributed by atoms with Crippen LogP contribution in [0.15, 0.2) is 33.2 Å². The van der Waals surface area contributed by atoms with Crippen molar-refractivity contribution in [3.63, 3.8) is 0 Å². The molecule has 0 aliphatic carbocycles. The Morgan fingerprint density at radius 1 is 1.38 bits per heavy atom. The lowest BCUT2D eigenvalue weighted by molar-refractivity contribution is -0.402.